The van der Waals surface area contributed by atoms with Crippen LogP contribution in [0, 0.1) is 0 Å². The van der Waals surface area contributed by atoms with E-state index in [0.29, 0.717) is 18.5 Å². The lowest BCUT2D eigenvalue weighted by molar-refractivity contribution is 0.0957. The Morgan fingerprint density at radius 2 is 1.95 bits per heavy atom. The molecule has 0 fully saturated rings. The van der Waals surface area contributed by atoms with Gasteiger partial charge in [-0.2, -0.15) is 0 Å². The Morgan fingerprint density at radius 3 is 2.77 bits per heavy atom. The number of carbonyl (C=O) groups excluding carboxylic acids is 1. The van der Waals surface area contributed by atoms with Gasteiger partial charge in [-0.05, 0) is 23.8 Å². The number of aromatic nitrogens is 1. The van der Waals surface area contributed by atoms with Crippen molar-refractivity contribution in [1.82, 2.24) is 10.3 Å². The Kier molecular flexibility index (Phi) is 4.30. The fourth-order valence-electron chi connectivity index (χ4n) is 2.31. The van der Waals surface area contributed by atoms with Crippen LogP contribution in [0.5, 0.6) is 0 Å². The quantitative estimate of drug-likeness (QED) is 0.728. The second kappa shape index (κ2) is 6.54. The minimum Gasteiger partial charge on any atom is -0.349 e. The molecule has 4 heteroatoms. The number of hydrogen-bond donors (Lipinski definition) is 1. The molecular weight excluding hydrogens is 292 g/mol. The lowest BCUT2D eigenvalue weighted by Gasteiger charge is -2.07. The fraction of sp³-hybridized carbons (Fsp3) is 0.111. The van der Waals surface area contributed by atoms with Gasteiger partial charge < -0.3 is 5.32 Å². The molecular formula is C18H16N2OS. The van der Waals surface area contributed by atoms with Crippen LogP contribution in [0.2, 0.25) is 0 Å². The maximum absolute atomic E-state index is 12.2. The standard InChI is InChI=1S/C18H16N2OS/c1-2-11-19-18(21)14-8-4-3-7-13(14)12-17-20-15-9-5-6-10-16(15)22-17/h2-10H,1,11-12H2,(H,19,21). The molecule has 0 saturated carbocycles. The highest BCUT2D eigenvalue weighted by atomic mass is 32.1. The summed E-state index contributed by atoms with van der Waals surface area (Å²) in [5, 5.41) is 3.85. The van der Waals surface area contributed by atoms with E-state index < -0.39 is 0 Å². The third-order valence-electron chi connectivity index (χ3n) is 3.35. The van der Waals surface area contributed by atoms with Crippen molar-refractivity contribution in [3.63, 3.8) is 0 Å². The van der Waals surface area contributed by atoms with Crippen molar-refractivity contribution in [3.8, 4) is 0 Å². The van der Waals surface area contributed by atoms with Crippen LogP contribution in [0.4, 0.5) is 0 Å². The highest BCUT2D eigenvalue weighted by Gasteiger charge is 2.12. The second-order valence-corrected chi connectivity index (χ2v) is 6.02. The van der Waals surface area contributed by atoms with Crippen molar-refractivity contribution in [2.24, 2.45) is 0 Å². The van der Waals surface area contributed by atoms with Crippen molar-refractivity contribution in [2.75, 3.05) is 6.54 Å². The molecule has 1 aromatic heterocycles. The first-order chi connectivity index (χ1) is 10.8. The average molecular weight is 308 g/mol. The molecule has 0 saturated heterocycles. The summed E-state index contributed by atoms with van der Waals surface area (Å²) in [7, 11) is 0. The topological polar surface area (TPSA) is 42.0 Å². The monoisotopic (exact) mass is 308 g/mol. The summed E-state index contributed by atoms with van der Waals surface area (Å²) in [5.74, 6) is -0.0726. The molecule has 0 aliphatic carbocycles. The summed E-state index contributed by atoms with van der Waals surface area (Å²) < 4.78 is 1.17. The van der Waals surface area contributed by atoms with Gasteiger partial charge in [0.05, 0.1) is 15.2 Å². The molecule has 1 N–H and O–H groups in total. The Hall–Kier alpha value is -2.46. The molecule has 3 rings (SSSR count). The average Bonchev–Trinajstić information content (AvgIpc) is 2.95. The molecule has 0 aliphatic heterocycles. The first kappa shape index (κ1) is 14.5. The van der Waals surface area contributed by atoms with E-state index in [1.807, 2.05) is 42.5 Å². The SMILES string of the molecule is C=CCNC(=O)c1ccccc1Cc1nc2ccccc2s1. The van der Waals surface area contributed by atoms with Crippen LogP contribution in [0.25, 0.3) is 10.2 Å². The molecule has 0 atom stereocenters. The largest absolute Gasteiger partial charge is 0.349 e. The lowest BCUT2D eigenvalue weighted by atomic mass is 10.0. The van der Waals surface area contributed by atoms with E-state index in [4.69, 9.17) is 0 Å². The van der Waals surface area contributed by atoms with Crippen LogP contribution < -0.4 is 5.32 Å². The van der Waals surface area contributed by atoms with E-state index >= 15 is 0 Å². The summed E-state index contributed by atoms with van der Waals surface area (Å²) >= 11 is 1.67. The predicted molar refractivity (Wildman–Crippen MR) is 91.4 cm³/mol. The van der Waals surface area contributed by atoms with E-state index in [2.05, 4.69) is 22.9 Å². The van der Waals surface area contributed by atoms with Gasteiger partial charge in [-0.3, -0.25) is 4.79 Å². The van der Waals surface area contributed by atoms with Crippen molar-refractivity contribution < 1.29 is 4.79 Å². The smallest absolute Gasteiger partial charge is 0.251 e. The lowest BCUT2D eigenvalue weighted by Crippen LogP contribution is -2.24. The van der Waals surface area contributed by atoms with E-state index in [1.165, 1.54) is 4.70 Å². The number of fused-ring (bicyclic) bond motifs is 1. The number of para-hydroxylation sites is 1. The maximum atomic E-state index is 12.2. The Balaban J connectivity index is 1.88. The molecule has 2 aromatic carbocycles. The summed E-state index contributed by atoms with van der Waals surface area (Å²) in [4.78, 5) is 16.9. The minimum atomic E-state index is -0.0726. The second-order valence-electron chi connectivity index (χ2n) is 4.91. The van der Waals surface area contributed by atoms with Crippen molar-refractivity contribution in [1.29, 1.82) is 0 Å². The van der Waals surface area contributed by atoms with E-state index in [1.54, 1.807) is 17.4 Å². The van der Waals surface area contributed by atoms with E-state index in [-0.39, 0.29) is 5.91 Å². The molecule has 1 amide bonds. The van der Waals surface area contributed by atoms with Gasteiger partial charge in [-0.1, -0.05) is 36.4 Å². The summed E-state index contributed by atoms with van der Waals surface area (Å²) in [5.41, 5.74) is 2.70. The molecule has 0 unspecified atom stereocenters. The van der Waals surface area contributed by atoms with Crippen molar-refractivity contribution >= 4 is 27.5 Å². The molecule has 0 radical (unpaired) electrons. The van der Waals surface area contributed by atoms with Crippen LogP contribution in [0.15, 0.2) is 61.2 Å². The minimum absolute atomic E-state index is 0.0726. The van der Waals surface area contributed by atoms with Gasteiger partial charge in [0, 0.05) is 18.5 Å². The normalized spacial score (nSPS) is 10.5. The van der Waals surface area contributed by atoms with Gasteiger partial charge in [-0.25, -0.2) is 4.98 Å². The number of amides is 1. The third kappa shape index (κ3) is 3.07. The molecule has 3 aromatic rings. The zero-order chi connectivity index (χ0) is 15.4. The summed E-state index contributed by atoms with van der Waals surface area (Å²) in [6.45, 7) is 4.08. The molecule has 0 spiro atoms. The number of hydrogen-bond acceptors (Lipinski definition) is 3. The van der Waals surface area contributed by atoms with Crippen molar-refractivity contribution in [2.45, 2.75) is 6.42 Å². The number of nitrogens with one attached hydrogen (secondary N) is 1. The van der Waals surface area contributed by atoms with E-state index in [0.717, 1.165) is 16.1 Å². The van der Waals surface area contributed by atoms with Gasteiger partial charge >= 0.3 is 0 Å². The number of carbonyl (C=O) groups is 1. The number of thiazole rings is 1. The Labute approximate surface area is 133 Å². The van der Waals surface area contributed by atoms with Gasteiger partial charge in [0.1, 0.15) is 0 Å². The summed E-state index contributed by atoms with van der Waals surface area (Å²) in [6, 6.07) is 15.7. The predicted octanol–water partition coefficient (Wildman–Crippen LogP) is 3.80. The highest BCUT2D eigenvalue weighted by Crippen LogP contribution is 2.24. The van der Waals surface area contributed by atoms with Crippen LogP contribution in [-0.2, 0) is 6.42 Å². The molecule has 1 heterocycles. The first-order valence-electron chi connectivity index (χ1n) is 7.09. The number of rotatable bonds is 5. The van der Waals surface area contributed by atoms with Crippen LogP contribution in [0.1, 0.15) is 20.9 Å². The number of nitrogens with zero attached hydrogens (tertiary/aromatic N) is 1. The molecule has 0 aliphatic rings. The fourth-order valence-corrected chi connectivity index (χ4v) is 3.30. The van der Waals surface area contributed by atoms with Crippen LogP contribution in [-0.4, -0.2) is 17.4 Å². The van der Waals surface area contributed by atoms with Gasteiger partial charge in [0.25, 0.3) is 5.91 Å². The maximum Gasteiger partial charge on any atom is 0.251 e. The molecule has 110 valence electrons. The van der Waals surface area contributed by atoms with Crippen LogP contribution >= 0.6 is 11.3 Å². The highest BCUT2D eigenvalue weighted by molar-refractivity contribution is 7.18. The van der Waals surface area contributed by atoms with Gasteiger partial charge in [0.2, 0.25) is 0 Å². The zero-order valence-electron chi connectivity index (χ0n) is 12.1. The van der Waals surface area contributed by atoms with Gasteiger partial charge in [-0.15, -0.1) is 17.9 Å². The Bertz CT molecular complexity index is 790. The first-order valence-corrected chi connectivity index (χ1v) is 7.91. The Morgan fingerprint density at radius 1 is 1.18 bits per heavy atom. The van der Waals surface area contributed by atoms with Gasteiger partial charge in [0.15, 0.2) is 0 Å². The number of benzene rings is 2. The van der Waals surface area contributed by atoms with Crippen LogP contribution in [0.3, 0.4) is 0 Å². The molecule has 22 heavy (non-hydrogen) atoms. The summed E-state index contributed by atoms with van der Waals surface area (Å²) in [6.07, 6.45) is 2.34. The van der Waals surface area contributed by atoms with Crippen molar-refractivity contribution in [3.05, 3.63) is 77.3 Å². The molecule has 3 nitrogen and oxygen atoms in total. The van der Waals surface area contributed by atoms with E-state index in [9.17, 15) is 4.79 Å². The third-order valence-corrected chi connectivity index (χ3v) is 4.39. The molecule has 0 bridgehead atoms. The zero-order valence-corrected chi connectivity index (χ0v) is 12.9.